The van der Waals surface area contributed by atoms with Crippen molar-refractivity contribution in [1.29, 1.82) is 0 Å². The highest BCUT2D eigenvalue weighted by Crippen LogP contribution is 2.18. The van der Waals surface area contributed by atoms with Crippen molar-refractivity contribution >= 4 is 11.7 Å². The van der Waals surface area contributed by atoms with Crippen LogP contribution in [0.2, 0.25) is 0 Å². The fourth-order valence-corrected chi connectivity index (χ4v) is 2.23. The average Bonchev–Trinajstić information content (AvgIpc) is 3.32. The van der Waals surface area contributed by atoms with Gasteiger partial charge in [0.25, 0.3) is 0 Å². The molecule has 3 aromatic rings. The Bertz CT molecular complexity index is 790. The first-order valence-corrected chi connectivity index (χ1v) is 7.87. The van der Waals surface area contributed by atoms with E-state index in [2.05, 4.69) is 34.4 Å². The second-order valence-electron chi connectivity index (χ2n) is 5.46. The predicted molar refractivity (Wildman–Crippen MR) is 86.2 cm³/mol. The van der Waals surface area contributed by atoms with Crippen LogP contribution < -0.4 is 5.32 Å². The molecule has 0 aliphatic rings. The van der Waals surface area contributed by atoms with Crippen LogP contribution in [0.25, 0.3) is 11.6 Å². The summed E-state index contributed by atoms with van der Waals surface area (Å²) in [5.74, 6) is 1.87. The van der Waals surface area contributed by atoms with Crippen LogP contribution in [-0.4, -0.2) is 25.8 Å². The van der Waals surface area contributed by atoms with Crippen molar-refractivity contribution in [2.75, 3.05) is 5.32 Å². The van der Waals surface area contributed by atoms with Crippen molar-refractivity contribution in [2.45, 2.75) is 39.2 Å². The molecule has 24 heavy (non-hydrogen) atoms. The van der Waals surface area contributed by atoms with Crippen LogP contribution in [0, 0.1) is 0 Å². The van der Waals surface area contributed by atoms with Crippen molar-refractivity contribution < 1.29 is 13.7 Å². The zero-order valence-corrected chi connectivity index (χ0v) is 13.6. The molecule has 1 atom stereocenters. The van der Waals surface area contributed by atoms with Crippen molar-refractivity contribution in [3.05, 3.63) is 36.5 Å². The molecule has 8 heteroatoms. The third kappa shape index (κ3) is 3.53. The van der Waals surface area contributed by atoms with E-state index in [4.69, 9.17) is 8.94 Å². The molecule has 3 rings (SSSR count). The van der Waals surface area contributed by atoms with Crippen molar-refractivity contribution in [3.63, 3.8) is 0 Å². The number of rotatable bonds is 7. The summed E-state index contributed by atoms with van der Waals surface area (Å²) in [6.45, 7) is 4.13. The van der Waals surface area contributed by atoms with Crippen LogP contribution in [0.15, 0.2) is 39.6 Å². The number of furan rings is 1. The Labute approximate surface area is 138 Å². The summed E-state index contributed by atoms with van der Waals surface area (Å²) in [7, 11) is 0. The number of amides is 1. The number of nitrogens with zero attached hydrogens (tertiary/aromatic N) is 4. The van der Waals surface area contributed by atoms with Gasteiger partial charge in [0, 0.05) is 18.9 Å². The van der Waals surface area contributed by atoms with Gasteiger partial charge in [-0.1, -0.05) is 12.1 Å². The van der Waals surface area contributed by atoms with E-state index >= 15 is 0 Å². The largest absolute Gasteiger partial charge is 0.461 e. The predicted octanol–water partition coefficient (Wildman–Crippen LogP) is 3.07. The Morgan fingerprint density at radius 1 is 1.42 bits per heavy atom. The number of carbonyl (C=O) groups excluding carboxylic acids is 1. The fraction of sp³-hybridized carbons (Fsp3) is 0.375. The number of carbonyl (C=O) groups is 1. The minimum absolute atomic E-state index is 0.127. The van der Waals surface area contributed by atoms with Crippen LogP contribution in [0.5, 0.6) is 0 Å². The lowest BCUT2D eigenvalue weighted by molar-refractivity contribution is -0.116. The van der Waals surface area contributed by atoms with Gasteiger partial charge in [-0.2, -0.15) is 10.1 Å². The quantitative estimate of drug-likeness (QED) is 0.715. The number of hydrogen-bond acceptors (Lipinski definition) is 6. The smallest absolute Gasteiger partial charge is 0.238 e. The molecule has 3 aromatic heterocycles. The first-order valence-electron chi connectivity index (χ1n) is 7.87. The number of aromatic nitrogens is 4. The highest BCUT2D eigenvalue weighted by molar-refractivity contribution is 5.89. The van der Waals surface area contributed by atoms with E-state index < -0.39 is 0 Å². The zero-order valence-electron chi connectivity index (χ0n) is 13.6. The summed E-state index contributed by atoms with van der Waals surface area (Å²) < 4.78 is 12.1. The maximum Gasteiger partial charge on any atom is 0.238 e. The molecule has 3 heterocycles. The third-order valence-corrected chi connectivity index (χ3v) is 3.72. The Morgan fingerprint density at radius 3 is 3.04 bits per heavy atom. The van der Waals surface area contributed by atoms with Gasteiger partial charge < -0.3 is 14.3 Å². The standard InChI is InChI=1S/C16H19N5O3/c1-3-11(2)21-13(8-9-17-21)18-14(22)6-7-15-19-16(20-24-15)12-5-4-10-23-12/h4-5,8-11H,3,6-7H2,1-2H3,(H,18,22). The van der Waals surface area contributed by atoms with E-state index in [1.165, 1.54) is 0 Å². The lowest BCUT2D eigenvalue weighted by Crippen LogP contribution is -2.17. The van der Waals surface area contributed by atoms with Crippen LogP contribution in [0.1, 0.15) is 38.6 Å². The SMILES string of the molecule is CCC(C)n1nccc1NC(=O)CCc1nc(-c2ccco2)no1. The minimum atomic E-state index is -0.127. The fourth-order valence-electron chi connectivity index (χ4n) is 2.23. The number of aryl methyl sites for hydroxylation is 1. The van der Waals surface area contributed by atoms with Crippen LogP contribution >= 0.6 is 0 Å². The first-order chi connectivity index (χ1) is 11.7. The summed E-state index contributed by atoms with van der Waals surface area (Å²) in [5, 5.41) is 10.9. The summed E-state index contributed by atoms with van der Waals surface area (Å²) in [6.07, 6.45) is 4.75. The molecule has 0 aliphatic heterocycles. The molecule has 1 amide bonds. The number of nitrogens with one attached hydrogen (secondary N) is 1. The first kappa shape index (κ1) is 16.0. The van der Waals surface area contributed by atoms with E-state index in [0.29, 0.717) is 29.7 Å². The van der Waals surface area contributed by atoms with E-state index in [-0.39, 0.29) is 18.4 Å². The van der Waals surface area contributed by atoms with Gasteiger partial charge in [0.2, 0.25) is 17.6 Å². The van der Waals surface area contributed by atoms with E-state index in [1.54, 1.807) is 35.3 Å². The van der Waals surface area contributed by atoms with Crippen LogP contribution in [0.3, 0.4) is 0 Å². The highest BCUT2D eigenvalue weighted by Gasteiger charge is 2.14. The second-order valence-corrected chi connectivity index (χ2v) is 5.46. The van der Waals surface area contributed by atoms with Gasteiger partial charge in [-0.25, -0.2) is 4.68 Å². The van der Waals surface area contributed by atoms with E-state index in [9.17, 15) is 4.79 Å². The third-order valence-electron chi connectivity index (χ3n) is 3.72. The van der Waals surface area contributed by atoms with Crippen LogP contribution in [0.4, 0.5) is 5.82 Å². The topological polar surface area (TPSA) is 99.0 Å². The van der Waals surface area contributed by atoms with Gasteiger partial charge >= 0.3 is 0 Å². The summed E-state index contributed by atoms with van der Waals surface area (Å²) in [6, 6.07) is 5.50. The molecule has 1 unspecified atom stereocenters. The van der Waals surface area contributed by atoms with Crippen molar-refractivity contribution in [3.8, 4) is 11.6 Å². The average molecular weight is 329 g/mol. The Balaban J connectivity index is 1.56. The molecule has 0 aliphatic carbocycles. The van der Waals surface area contributed by atoms with Gasteiger partial charge in [0.15, 0.2) is 5.76 Å². The molecule has 126 valence electrons. The molecule has 0 radical (unpaired) electrons. The van der Waals surface area contributed by atoms with Gasteiger partial charge in [0.05, 0.1) is 18.5 Å². The lowest BCUT2D eigenvalue weighted by atomic mass is 10.2. The summed E-state index contributed by atoms with van der Waals surface area (Å²) >= 11 is 0. The van der Waals surface area contributed by atoms with Crippen molar-refractivity contribution in [2.24, 2.45) is 0 Å². The highest BCUT2D eigenvalue weighted by atomic mass is 16.5. The lowest BCUT2D eigenvalue weighted by Gasteiger charge is -2.13. The molecule has 8 nitrogen and oxygen atoms in total. The second kappa shape index (κ2) is 7.12. The van der Waals surface area contributed by atoms with Gasteiger partial charge in [0.1, 0.15) is 5.82 Å². The van der Waals surface area contributed by atoms with Gasteiger partial charge in [-0.05, 0) is 25.5 Å². The molecule has 0 bridgehead atoms. The molecular formula is C16H19N5O3. The Morgan fingerprint density at radius 2 is 2.29 bits per heavy atom. The summed E-state index contributed by atoms with van der Waals surface area (Å²) in [5.41, 5.74) is 0. The van der Waals surface area contributed by atoms with Gasteiger partial charge in [-0.3, -0.25) is 4.79 Å². The van der Waals surface area contributed by atoms with Crippen LogP contribution in [-0.2, 0) is 11.2 Å². The van der Waals surface area contributed by atoms with E-state index in [1.807, 2.05) is 0 Å². The van der Waals surface area contributed by atoms with Gasteiger partial charge in [-0.15, -0.1) is 0 Å². The number of anilines is 1. The molecule has 0 spiro atoms. The summed E-state index contributed by atoms with van der Waals surface area (Å²) in [4.78, 5) is 16.3. The maximum absolute atomic E-state index is 12.1. The Kier molecular flexibility index (Phi) is 4.74. The monoisotopic (exact) mass is 329 g/mol. The maximum atomic E-state index is 12.1. The molecule has 0 fully saturated rings. The normalized spacial score (nSPS) is 12.2. The number of hydrogen-bond donors (Lipinski definition) is 1. The Hall–Kier alpha value is -2.90. The molecule has 0 aromatic carbocycles. The zero-order chi connectivity index (χ0) is 16.9. The molecule has 0 saturated carbocycles. The molecular weight excluding hydrogens is 310 g/mol. The van der Waals surface area contributed by atoms with E-state index in [0.717, 1.165) is 6.42 Å². The molecule has 1 N–H and O–H groups in total. The minimum Gasteiger partial charge on any atom is -0.461 e. The van der Waals surface area contributed by atoms with Crippen molar-refractivity contribution in [1.82, 2.24) is 19.9 Å². The molecule has 0 saturated heterocycles.